The Morgan fingerprint density at radius 3 is 2.81 bits per heavy atom. The Hall–Kier alpha value is -4.29. The number of ether oxygens (including phenoxy) is 1. The summed E-state index contributed by atoms with van der Waals surface area (Å²) >= 11 is 1.13. The molecule has 9 heteroatoms. The molecule has 4 rings (SSSR count). The summed E-state index contributed by atoms with van der Waals surface area (Å²) < 4.78 is 11.1. The van der Waals surface area contributed by atoms with Crippen LogP contribution < -0.4 is 15.5 Å². The normalized spacial score (nSPS) is 11.2. The summed E-state index contributed by atoms with van der Waals surface area (Å²) in [7, 11) is 0. The Labute approximate surface area is 186 Å². The van der Waals surface area contributed by atoms with Gasteiger partial charge in [0.1, 0.15) is 35.8 Å². The van der Waals surface area contributed by atoms with Crippen LogP contribution in [-0.4, -0.2) is 16.1 Å². The number of carbonyl (C=O) groups excluding carboxylic acids is 1. The monoisotopic (exact) mass is 444 g/mol. The van der Waals surface area contributed by atoms with Crippen LogP contribution in [0.4, 0.5) is 5.13 Å². The van der Waals surface area contributed by atoms with Crippen molar-refractivity contribution in [2.24, 2.45) is 0 Å². The number of nitrogens with zero attached hydrogens (tertiary/aromatic N) is 3. The molecule has 0 saturated carbocycles. The number of anilines is 1. The summed E-state index contributed by atoms with van der Waals surface area (Å²) in [5, 5.41) is 21.0. The number of rotatable bonds is 6. The number of aryl methyl sites for hydroxylation is 1. The van der Waals surface area contributed by atoms with E-state index in [0.717, 1.165) is 22.6 Å². The molecule has 0 aliphatic carbocycles. The van der Waals surface area contributed by atoms with Gasteiger partial charge in [-0.1, -0.05) is 41.7 Å². The fourth-order valence-electron chi connectivity index (χ4n) is 2.88. The summed E-state index contributed by atoms with van der Waals surface area (Å²) in [6.07, 6.45) is 2.41. The first-order valence-corrected chi connectivity index (χ1v) is 10.3. The van der Waals surface area contributed by atoms with E-state index in [1.807, 2.05) is 31.2 Å². The van der Waals surface area contributed by atoms with Crippen molar-refractivity contribution in [1.82, 2.24) is 10.2 Å². The second kappa shape index (κ2) is 9.24. The number of amides is 1. The summed E-state index contributed by atoms with van der Waals surface area (Å²) in [5.74, 6) is 0.0276. The van der Waals surface area contributed by atoms with Gasteiger partial charge in [0.15, 0.2) is 10.4 Å². The molecule has 158 valence electrons. The highest BCUT2D eigenvalue weighted by molar-refractivity contribution is 7.15. The van der Waals surface area contributed by atoms with Crippen molar-refractivity contribution in [3.8, 4) is 11.8 Å². The molecule has 0 bridgehead atoms. The maximum Gasteiger partial charge on any atom is 0.268 e. The van der Waals surface area contributed by atoms with Crippen LogP contribution in [0.3, 0.4) is 0 Å². The zero-order chi connectivity index (χ0) is 22.5. The zero-order valence-corrected chi connectivity index (χ0v) is 17.7. The SMILES string of the molecule is Cc1ccccc1OCc1nnc(NC(=O)/C(C#N)=C\c2coc3ccccc3c2=O)s1. The molecule has 0 unspecified atom stereocenters. The van der Waals surface area contributed by atoms with Crippen molar-refractivity contribution in [3.05, 3.63) is 86.7 Å². The van der Waals surface area contributed by atoms with E-state index >= 15 is 0 Å². The molecule has 1 amide bonds. The Balaban J connectivity index is 1.47. The predicted octanol–water partition coefficient (Wildman–Crippen LogP) is 4.08. The van der Waals surface area contributed by atoms with Gasteiger partial charge in [-0.15, -0.1) is 10.2 Å². The van der Waals surface area contributed by atoms with E-state index in [-0.39, 0.29) is 28.3 Å². The first-order valence-electron chi connectivity index (χ1n) is 9.49. The molecule has 0 fully saturated rings. The van der Waals surface area contributed by atoms with Gasteiger partial charge >= 0.3 is 0 Å². The Morgan fingerprint density at radius 2 is 2.00 bits per heavy atom. The molecule has 0 radical (unpaired) electrons. The van der Waals surface area contributed by atoms with Crippen LogP contribution in [0, 0.1) is 18.3 Å². The number of nitriles is 1. The Bertz CT molecular complexity index is 1430. The van der Waals surface area contributed by atoms with E-state index in [9.17, 15) is 14.9 Å². The summed E-state index contributed by atoms with van der Waals surface area (Å²) in [4.78, 5) is 25.1. The third-order valence-corrected chi connectivity index (χ3v) is 5.32. The van der Waals surface area contributed by atoms with E-state index in [1.165, 1.54) is 12.3 Å². The zero-order valence-electron chi connectivity index (χ0n) is 16.9. The van der Waals surface area contributed by atoms with Crippen LogP contribution in [0.15, 0.2) is 69.6 Å². The lowest BCUT2D eigenvalue weighted by Gasteiger charge is -2.06. The van der Waals surface area contributed by atoms with Crippen molar-refractivity contribution in [2.75, 3.05) is 5.32 Å². The minimum atomic E-state index is -0.706. The molecule has 4 aromatic rings. The molecule has 0 saturated heterocycles. The van der Waals surface area contributed by atoms with Gasteiger partial charge in [-0.05, 0) is 36.8 Å². The van der Waals surface area contributed by atoms with Crippen LogP contribution in [0.25, 0.3) is 17.0 Å². The van der Waals surface area contributed by atoms with Crippen molar-refractivity contribution < 1.29 is 13.9 Å². The molecule has 2 heterocycles. The highest BCUT2D eigenvalue weighted by atomic mass is 32.1. The van der Waals surface area contributed by atoms with Crippen molar-refractivity contribution in [3.63, 3.8) is 0 Å². The number of carbonyl (C=O) groups is 1. The Kier molecular flexibility index (Phi) is 6.05. The van der Waals surface area contributed by atoms with E-state index in [1.54, 1.807) is 30.3 Å². The van der Waals surface area contributed by atoms with Crippen LogP contribution in [0.5, 0.6) is 5.75 Å². The van der Waals surface area contributed by atoms with E-state index in [2.05, 4.69) is 15.5 Å². The molecular weight excluding hydrogens is 428 g/mol. The number of hydrogen-bond donors (Lipinski definition) is 1. The number of benzene rings is 2. The first-order chi connectivity index (χ1) is 15.5. The third-order valence-electron chi connectivity index (χ3n) is 4.50. The third kappa shape index (κ3) is 4.55. The Morgan fingerprint density at radius 1 is 1.22 bits per heavy atom. The molecule has 2 aromatic carbocycles. The predicted molar refractivity (Wildman–Crippen MR) is 120 cm³/mol. The maximum absolute atomic E-state index is 12.6. The smallest absolute Gasteiger partial charge is 0.268 e. The molecule has 0 aliphatic heterocycles. The molecular formula is C23H16N4O4S. The van der Waals surface area contributed by atoms with Crippen molar-refractivity contribution in [2.45, 2.75) is 13.5 Å². The lowest BCUT2D eigenvalue weighted by Crippen LogP contribution is -2.14. The summed E-state index contributed by atoms with van der Waals surface area (Å²) in [6, 6.07) is 16.1. The minimum Gasteiger partial charge on any atom is -0.486 e. The standard InChI is InChI=1S/C23H16N4O4S/c1-14-6-2-4-8-18(14)31-13-20-26-27-23(32-20)25-22(29)15(11-24)10-16-12-30-19-9-5-3-7-17(19)21(16)28/h2-10,12H,13H2,1H3,(H,25,27,29)/b15-10-. The molecule has 8 nitrogen and oxygen atoms in total. The van der Waals surface area contributed by atoms with Crippen LogP contribution in [0.1, 0.15) is 16.1 Å². The van der Waals surface area contributed by atoms with Crippen LogP contribution in [-0.2, 0) is 11.4 Å². The highest BCUT2D eigenvalue weighted by Crippen LogP contribution is 2.21. The van der Waals surface area contributed by atoms with Gasteiger partial charge in [0.05, 0.1) is 10.9 Å². The summed E-state index contributed by atoms with van der Waals surface area (Å²) in [6.45, 7) is 2.13. The van der Waals surface area contributed by atoms with Gasteiger partial charge in [0.2, 0.25) is 5.13 Å². The van der Waals surface area contributed by atoms with Crippen LogP contribution in [0.2, 0.25) is 0 Å². The van der Waals surface area contributed by atoms with E-state index in [0.29, 0.717) is 16.0 Å². The van der Waals surface area contributed by atoms with Crippen molar-refractivity contribution >= 4 is 39.4 Å². The lowest BCUT2D eigenvalue weighted by atomic mass is 10.1. The summed E-state index contributed by atoms with van der Waals surface area (Å²) in [5.41, 5.74) is 0.916. The molecule has 1 N–H and O–H groups in total. The number of nitrogens with one attached hydrogen (secondary N) is 1. The maximum atomic E-state index is 12.6. The van der Waals surface area contributed by atoms with Gasteiger partial charge in [0, 0.05) is 0 Å². The second-order valence-corrected chi connectivity index (χ2v) is 7.76. The van der Waals surface area contributed by atoms with E-state index < -0.39 is 5.91 Å². The molecule has 0 spiro atoms. The first kappa shape index (κ1) is 21.0. The van der Waals surface area contributed by atoms with Crippen molar-refractivity contribution in [1.29, 1.82) is 5.26 Å². The van der Waals surface area contributed by atoms with Crippen LogP contribution >= 0.6 is 11.3 Å². The van der Waals surface area contributed by atoms with Gasteiger partial charge in [-0.3, -0.25) is 14.9 Å². The quantitative estimate of drug-likeness (QED) is 0.352. The van der Waals surface area contributed by atoms with E-state index in [4.69, 9.17) is 9.15 Å². The molecule has 0 atom stereocenters. The fraction of sp³-hybridized carbons (Fsp3) is 0.0870. The number of fused-ring (bicyclic) bond motifs is 1. The fourth-order valence-corrected chi connectivity index (χ4v) is 3.53. The van der Waals surface area contributed by atoms with Gasteiger partial charge in [-0.25, -0.2) is 0 Å². The molecule has 0 aliphatic rings. The average Bonchev–Trinajstić information content (AvgIpc) is 3.25. The minimum absolute atomic E-state index is 0.0972. The molecule has 32 heavy (non-hydrogen) atoms. The highest BCUT2D eigenvalue weighted by Gasteiger charge is 2.15. The average molecular weight is 444 g/mol. The number of hydrogen-bond acceptors (Lipinski definition) is 8. The molecule has 2 aromatic heterocycles. The van der Waals surface area contributed by atoms with Gasteiger partial charge in [0.25, 0.3) is 5.91 Å². The number of aromatic nitrogens is 2. The van der Waals surface area contributed by atoms with Gasteiger partial charge in [-0.2, -0.15) is 5.26 Å². The number of para-hydroxylation sites is 2. The van der Waals surface area contributed by atoms with Gasteiger partial charge < -0.3 is 9.15 Å². The lowest BCUT2D eigenvalue weighted by molar-refractivity contribution is -0.112. The second-order valence-electron chi connectivity index (χ2n) is 6.70. The largest absolute Gasteiger partial charge is 0.486 e. The topological polar surface area (TPSA) is 118 Å².